The van der Waals surface area contributed by atoms with Crippen molar-refractivity contribution in [3.05, 3.63) is 24.4 Å². The summed E-state index contributed by atoms with van der Waals surface area (Å²) in [5.74, 6) is 1.86. The Labute approximate surface area is 105 Å². The molecule has 1 aromatic rings. The van der Waals surface area contributed by atoms with Crippen LogP contribution in [0.25, 0.3) is 0 Å². The molecule has 0 spiro atoms. The van der Waals surface area contributed by atoms with Gasteiger partial charge in [0, 0.05) is 12.8 Å². The van der Waals surface area contributed by atoms with Crippen LogP contribution in [0.3, 0.4) is 0 Å². The first-order valence-corrected chi connectivity index (χ1v) is 6.52. The number of carbonyl (C=O) groups is 1. The number of aliphatic hydroxyl groups is 1. The maximum Gasteiger partial charge on any atom is 0.248 e. The quantitative estimate of drug-likeness (QED) is 0.631. The van der Waals surface area contributed by atoms with E-state index in [1.807, 2.05) is 13.0 Å². The molecule has 0 aliphatic rings. The summed E-state index contributed by atoms with van der Waals surface area (Å²) in [6.07, 6.45) is 1.65. The molecular weight excluding hydrogens is 238 g/mol. The van der Waals surface area contributed by atoms with Crippen molar-refractivity contribution in [1.82, 2.24) is 10.4 Å². The van der Waals surface area contributed by atoms with Crippen LogP contribution in [-0.4, -0.2) is 34.1 Å². The molecule has 1 rings (SSSR count). The summed E-state index contributed by atoms with van der Waals surface area (Å²) in [4.78, 5) is 15.4. The molecule has 1 atom stereocenters. The lowest BCUT2D eigenvalue weighted by Crippen LogP contribution is -2.31. The van der Waals surface area contributed by atoms with Crippen molar-refractivity contribution in [2.24, 2.45) is 5.92 Å². The molecule has 0 aliphatic heterocycles. The van der Waals surface area contributed by atoms with Crippen LogP contribution in [0.5, 0.6) is 0 Å². The van der Waals surface area contributed by atoms with E-state index >= 15 is 0 Å². The van der Waals surface area contributed by atoms with Gasteiger partial charge in [-0.15, -0.1) is 0 Å². The number of hydrogen-bond acceptors (Lipinski definition) is 5. The minimum absolute atomic E-state index is 0.106. The van der Waals surface area contributed by atoms with E-state index in [0.29, 0.717) is 11.6 Å². The molecule has 0 bridgehead atoms. The average molecular weight is 255 g/mol. The van der Waals surface area contributed by atoms with Gasteiger partial charge in [0.1, 0.15) is 5.82 Å². The SMILES string of the molecule is CC(CO)CSCC(=O)NNc1ccccn1. The fourth-order valence-corrected chi connectivity index (χ4v) is 1.90. The summed E-state index contributed by atoms with van der Waals surface area (Å²) in [7, 11) is 0. The highest BCUT2D eigenvalue weighted by Gasteiger charge is 2.04. The summed E-state index contributed by atoms with van der Waals surface area (Å²) in [6.45, 7) is 2.10. The monoisotopic (exact) mass is 255 g/mol. The Morgan fingerprint density at radius 1 is 1.59 bits per heavy atom. The number of thioether (sulfide) groups is 1. The molecule has 0 saturated heterocycles. The van der Waals surface area contributed by atoms with E-state index in [9.17, 15) is 4.79 Å². The summed E-state index contributed by atoms with van der Waals surface area (Å²) < 4.78 is 0. The highest BCUT2D eigenvalue weighted by molar-refractivity contribution is 7.99. The van der Waals surface area contributed by atoms with Crippen LogP contribution in [0.15, 0.2) is 24.4 Å². The molecular formula is C11H17N3O2S. The van der Waals surface area contributed by atoms with Gasteiger partial charge in [-0.05, 0) is 23.8 Å². The first kappa shape index (κ1) is 13.8. The lowest BCUT2D eigenvalue weighted by atomic mass is 10.2. The Morgan fingerprint density at radius 3 is 3.06 bits per heavy atom. The third kappa shape index (κ3) is 6.13. The van der Waals surface area contributed by atoms with E-state index in [2.05, 4.69) is 15.8 Å². The zero-order valence-corrected chi connectivity index (χ0v) is 10.5. The predicted molar refractivity (Wildman–Crippen MR) is 69.6 cm³/mol. The second kappa shape index (κ2) is 7.92. The number of anilines is 1. The van der Waals surface area contributed by atoms with Gasteiger partial charge in [-0.1, -0.05) is 13.0 Å². The molecule has 0 aromatic carbocycles. The van der Waals surface area contributed by atoms with Crippen molar-refractivity contribution < 1.29 is 9.90 Å². The summed E-state index contributed by atoms with van der Waals surface area (Å²) in [6, 6.07) is 5.40. The smallest absolute Gasteiger partial charge is 0.248 e. The number of carbonyl (C=O) groups excluding carboxylic acids is 1. The molecule has 94 valence electrons. The molecule has 0 fully saturated rings. The maximum absolute atomic E-state index is 11.4. The van der Waals surface area contributed by atoms with Crippen molar-refractivity contribution in [2.75, 3.05) is 23.5 Å². The van der Waals surface area contributed by atoms with Crippen molar-refractivity contribution in [3.8, 4) is 0 Å². The third-order valence-corrected chi connectivity index (χ3v) is 3.21. The fraction of sp³-hybridized carbons (Fsp3) is 0.455. The normalized spacial score (nSPS) is 11.9. The molecule has 1 heterocycles. The molecule has 17 heavy (non-hydrogen) atoms. The standard InChI is InChI=1S/C11H17N3O2S/c1-9(6-15)7-17-8-11(16)14-13-10-4-2-3-5-12-10/h2-5,9,15H,6-8H2,1H3,(H,12,13)(H,14,16). The first-order valence-electron chi connectivity index (χ1n) is 5.37. The van der Waals surface area contributed by atoms with Crippen LogP contribution in [0.2, 0.25) is 0 Å². The number of nitrogens with one attached hydrogen (secondary N) is 2. The van der Waals surface area contributed by atoms with Gasteiger partial charge >= 0.3 is 0 Å². The number of aliphatic hydroxyl groups excluding tert-OH is 1. The van der Waals surface area contributed by atoms with E-state index in [4.69, 9.17) is 5.11 Å². The van der Waals surface area contributed by atoms with Gasteiger partial charge in [0.25, 0.3) is 0 Å². The van der Waals surface area contributed by atoms with Crippen LogP contribution in [-0.2, 0) is 4.79 Å². The van der Waals surface area contributed by atoms with Gasteiger partial charge in [0.05, 0.1) is 5.75 Å². The van der Waals surface area contributed by atoms with Gasteiger partial charge in [0.15, 0.2) is 0 Å². The highest BCUT2D eigenvalue weighted by Crippen LogP contribution is 2.07. The molecule has 0 radical (unpaired) electrons. The Balaban J connectivity index is 2.13. The number of rotatable bonds is 7. The number of pyridine rings is 1. The zero-order valence-electron chi connectivity index (χ0n) is 9.72. The van der Waals surface area contributed by atoms with Gasteiger partial charge < -0.3 is 5.11 Å². The molecule has 3 N–H and O–H groups in total. The number of hydrazine groups is 1. The second-order valence-electron chi connectivity index (χ2n) is 3.69. The lowest BCUT2D eigenvalue weighted by molar-refractivity contribution is -0.118. The van der Waals surface area contributed by atoms with Crippen LogP contribution in [0.1, 0.15) is 6.92 Å². The van der Waals surface area contributed by atoms with Crippen molar-refractivity contribution in [1.29, 1.82) is 0 Å². The fourth-order valence-electron chi connectivity index (χ4n) is 1.01. The molecule has 0 aliphatic carbocycles. The number of aromatic nitrogens is 1. The summed E-state index contributed by atoms with van der Waals surface area (Å²) in [5, 5.41) is 8.82. The number of amides is 1. The van der Waals surface area contributed by atoms with E-state index in [1.54, 1.807) is 18.3 Å². The third-order valence-electron chi connectivity index (χ3n) is 1.94. The lowest BCUT2D eigenvalue weighted by Gasteiger charge is -2.09. The number of hydrogen-bond donors (Lipinski definition) is 3. The predicted octanol–water partition coefficient (Wildman–Crippen LogP) is 0.886. The Bertz CT molecular complexity index is 335. The van der Waals surface area contributed by atoms with Gasteiger partial charge in [-0.3, -0.25) is 15.6 Å². The minimum atomic E-state index is -0.106. The largest absolute Gasteiger partial charge is 0.396 e. The van der Waals surface area contributed by atoms with Gasteiger partial charge in [-0.25, -0.2) is 4.98 Å². The van der Waals surface area contributed by atoms with Crippen LogP contribution >= 0.6 is 11.8 Å². The van der Waals surface area contributed by atoms with Gasteiger partial charge in [0.2, 0.25) is 5.91 Å². The van der Waals surface area contributed by atoms with E-state index in [0.717, 1.165) is 5.75 Å². The Morgan fingerprint density at radius 2 is 2.41 bits per heavy atom. The van der Waals surface area contributed by atoms with Gasteiger partial charge in [-0.2, -0.15) is 11.8 Å². The van der Waals surface area contributed by atoms with Crippen molar-refractivity contribution in [2.45, 2.75) is 6.92 Å². The number of nitrogens with zero attached hydrogens (tertiary/aromatic N) is 1. The Hall–Kier alpha value is -1.27. The second-order valence-corrected chi connectivity index (χ2v) is 4.72. The summed E-state index contributed by atoms with van der Waals surface area (Å²) in [5.41, 5.74) is 5.28. The minimum Gasteiger partial charge on any atom is -0.396 e. The Kier molecular flexibility index (Phi) is 6.42. The average Bonchev–Trinajstić information content (AvgIpc) is 2.37. The molecule has 5 nitrogen and oxygen atoms in total. The van der Waals surface area contributed by atoms with Crippen LogP contribution in [0, 0.1) is 5.92 Å². The van der Waals surface area contributed by atoms with Crippen LogP contribution < -0.4 is 10.9 Å². The van der Waals surface area contributed by atoms with E-state index < -0.39 is 0 Å². The van der Waals surface area contributed by atoms with Crippen LogP contribution in [0.4, 0.5) is 5.82 Å². The molecule has 0 saturated carbocycles. The highest BCUT2D eigenvalue weighted by atomic mass is 32.2. The molecule has 1 unspecified atom stereocenters. The van der Waals surface area contributed by atoms with E-state index in [-0.39, 0.29) is 18.4 Å². The molecule has 6 heteroatoms. The maximum atomic E-state index is 11.4. The van der Waals surface area contributed by atoms with Crippen molar-refractivity contribution >= 4 is 23.5 Å². The summed E-state index contributed by atoms with van der Waals surface area (Å²) >= 11 is 1.50. The van der Waals surface area contributed by atoms with Crippen molar-refractivity contribution in [3.63, 3.8) is 0 Å². The van der Waals surface area contributed by atoms with E-state index in [1.165, 1.54) is 11.8 Å². The zero-order chi connectivity index (χ0) is 12.5. The topological polar surface area (TPSA) is 74.2 Å². The first-order chi connectivity index (χ1) is 8.22. The molecule has 1 amide bonds. The molecule has 1 aromatic heterocycles.